The van der Waals surface area contributed by atoms with Gasteiger partial charge in [-0.25, -0.2) is 4.99 Å². The highest BCUT2D eigenvalue weighted by atomic mass is 16.5. The van der Waals surface area contributed by atoms with E-state index in [1.165, 1.54) is 7.11 Å². The first kappa shape index (κ1) is 19.6. The lowest BCUT2D eigenvalue weighted by atomic mass is 10.1. The lowest BCUT2D eigenvalue weighted by molar-refractivity contribution is 0.370. The number of nitrogens with one attached hydrogen (secondary N) is 2. The van der Waals surface area contributed by atoms with Gasteiger partial charge in [0, 0.05) is 30.6 Å². The molecule has 1 aromatic heterocycles. The van der Waals surface area contributed by atoms with E-state index in [2.05, 4.69) is 27.7 Å². The Balaban J connectivity index is 2.11. The van der Waals surface area contributed by atoms with Crippen molar-refractivity contribution >= 4 is 5.96 Å². The summed E-state index contributed by atoms with van der Waals surface area (Å²) in [6, 6.07) is 5.38. The second-order valence-corrected chi connectivity index (χ2v) is 5.75. The summed E-state index contributed by atoms with van der Waals surface area (Å²) in [6.07, 6.45) is 1.63. The highest BCUT2D eigenvalue weighted by molar-refractivity contribution is 5.79. The number of phenols is 1. The largest absolute Gasteiger partial charge is 0.504 e. The Hall–Kier alpha value is -2.70. The van der Waals surface area contributed by atoms with E-state index in [0.717, 1.165) is 36.4 Å². The monoisotopic (exact) mass is 360 g/mol. The van der Waals surface area contributed by atoms with Gasteiger partial charge in [0.25, 0.3) is 0 Å². The van der Waals surface area contributed by atoms with Crippen LogP contribution in [0.5, 0.6) is 11.5 Å². The summed E-state index contributed by atoms with van der Waals surface area (Å²) in [6.45, 7) is 7.78. The Kier molecular flexibility index (Phi) is 7.32. The molecule has 2 rings (SSSR count). The highest BCUT2D eigenvalue weighted by Gasteiger charge is 2.14. The molecule has 0 amide bonds. The molecule has 7 nitrogen and oxygen atoms in total. The van der Waals surface area contributed by atoms with Gasteiger partial charge in [0.1, 0.15) is 5.76 Å². The predicted octanol–water partition coefficient (Wildman–Crippen LogP) is 2.77. The van der Waals surface area contributed by atoms with Crippen LogP contribution in [0, 0.1) is 0 Å². The second kappa shape index (κ2) is 9.70. The number of aryl methyl sites for hydroxylation is 2. The van der Waals surface area contributed by atoms with Crippen molar-refractivity contribution < 1.29 is 14.4 Å². The number of aromatic hydroxyl groups is 1. The maximum Gasteiger partial charge on any atom is 0.191 e. The Labute approximate surface area is 154 Å². The first-order chi connectivity index (χ1) is 12.6. The number of aliphatic imine (C=N–C) groups is 1. The van der Waals surface area contributed by atoms with Gasteiger partial charge in [0.05, 0.1) is 19.3 Å². The Morgan fingerprint density at radius 1 is 1.23 bits per heavy atom. The number of phenolic OH excluding ortho intramolecular Hbond substituents is 1. The molecule has 0 atom stereocenters. The SMILES string of the molecule is CCNC(=NCc1cccc(OC)c1O)NCc1c(CC)noc1CC. The van der Waals surface area contributed by atoms with Crippen LogP contribution >= 0.6 is 0 Å². The van der Waals surface area contributed by atoms with E-state index >= 15 is 0 Å². The van der Waals surface area contributed by atoms with Crippen LogP contribution in [0.25, 0.3) is 0 Å². The average Bonchev–Trinajstić information content (AvgIpc) is 3.06. The molecule has 142 valence electrons. The number of benzene rings is 1. The Morgan fingerprint density at radius 2 is 2.04 bits per heavy atom. The topological polar surface area (TPSA) is 91.9 Å². The highest BCUT2D eigenvalue weighted by Crippen LogP contribution is 2.29. The second-order valence-electron chi connectivity index (χ2n) is 5.75. The van der Waals surface area contributed by atoms with Crippen LogP contribution in [0.3, 0.4) is 0 Å². The van der Waals surface area contributed by atoms with Gasteiger partial charge in [-0.2, -0.15) is 0 Å². The van der Waals surface area contributed by atoms with Gasteiger partial charge < -0.3 is 25.0 Å². The molecule has 0 saturated heterocycles. The third kappa shape index (κ3) is 4.68. The van der Waals surface area contributed by atoms with Crippen LogP contribution in [0.4, 0.5) is 0 Å². The third-order valence-electron chi connectivity index (χ3n) is 4.09. The number of hydrogen-bond acceptors (Lipinski definition) is 5. The average molecular weight is 360 g/mol. The number of guanidine groups is 1. The summed E-state index contributed by atoms with van der Waals surface area (Å²) in [4.78, 5) is 4.56. The Morgan fingerprint density at radius 3 is 2.69 bits per heavy atom. The number of ether oxygens (including phenoxy) is 1. The van der Waals surface area contributed by atoms with Crippen molar-refractivity contribution in [2.24, 2.45) is 4.99 Å². The van der Waals surface area contributed by atoms with Gasteiger partial charge in [-0.1, -0.05) is 31.1 Å². The van der Waals surface area contributed by atoms with Gasteiger partial charge in [-0.3, -0.25) is 0 Å². The van der Waals surface area contributed by atoms with Crippen LogP contribution in [0.15, 0.2) is 27.7 Å². The lowest BCUT2D eigenvalue weighted by Crippen LogP contribution is -2.37. The quantitative estimate of drug-likeness (QED) is 0.495. The molecular weight excluding hydrogens is 332 g/mol. The zero-order chi connectivity index (χ0) is 18.9. The molecule has 1 aromatic carbocycles. The first-order valence-corrected chi connectivity index (χ1v) is 8.97. The molecule has 0 spiro atoms. The maximum atomic E-state index is 10.2. The molecule has 26 heavy (non-hydrogen) atoms. The molecule has 2 aromatic rings. The molecule has 0 aliphatic rings. The maximum absolute atomic E-state index is 10.2. The summed E-state index contributed by atoms with van der Waals surface area (Å²) in [5.74, 6) is 2.13. The smallest absolute Gasteiger partial charge is 0.191 e. The van der Waals surface area contributed by atoms with Crippen molar-refractivity contribution in [3.05, 3.63) is 40.8 Å². The van der Waals surface area contributed by atoms with E-state index in [4.69, 9.17) is 9.26 Å². The van der Waals surface area contributed by atoms with Crippen molar-refractivity contribution in [2.45, 2.75) is 46.7 Å². The van der Waals surface area contributed by atoms with Crippen molar-refractivity contribution in [3.8, 4) is 11.5 Å². The number of methoxy groups -OCH3 is 1. The normalized spacial score (nSPS) is 11.5. The van der Waals surface area contributed by atoms with Gasteiger partial charge in [-0.05, 0) is 19.4 Å². The third-order valence-corrected chi connectivity index (χ3v) is 4.09. The molecular formula is C19H28N4O3. The summed E-state index contributed by atoms with van der Waals surface area (Å²) in [5, 5.41) is 20.9. The van der Waals surface area contributed by atoms with Crippen molar-refractivity contribution in [2.75, 3.05) is 13.7 Å². The van der Waals surface area contributed by atoms with Gasteiger partial charge in [0.2, 0.25) is 0 Å². The summed E-state index contributed by atoms with van der Waals surface area (Å²) >= 11 is 0. The zero-order valence-electron chi connectivity index (χ0n) is 15.9. The summed E-state index contributed by atoms with van der Waals surface area (Å²) in [7, 11) is 1.53. The fourth-order valence-electron chi connectivity index (χ4n) is 2.68. The molecule has 7 heteroatoms. The van der Waals surface area contributed by atoms with Crippen molar-refractivity contribution in [1.82, 2.24) is 15.8 Å². The van der Waals surface area contributed by atoms with Gasteiger partial charge >= 0.3 is 0 Å². The van der Waals surface area contributed by atoms with Gasteiger partial charge in [-0.15, -0.1) is 0 Å². The number of hydrogen-bond donors (Lipinski definition) is 3. The van der Waals surface area contributed by atoms with Crippen LogP contribution in [-0.2, 0) is 25.9 Å². The van der Waals surface area contributed by atoms with E-state index in [9.17, 15) is 5.11 Å². The lowest BCUT2D eigenvalue weighted by Gasteiger charge is -2.12. The molecule has 0 saturated carbocycles. The molecule has 0 bridgehead atoms. The molecule has 0 fully saturated rings. The molecule has 0 aliphatic carbocycles. The standard InChI is InChI=1S/C19H28N4O3/c1-5-15-14(16(6-2)26-23-15)12-22-19(20-7-3)21-11-13-9-8-10-17(25-4)18(13)24/h8-10,24H,5-7,11-12H2,1-4H3,(H2,20,21,22). The molecule has 1 heterocycles. The first-order valence-electron chi connectivity index (χ1n) is 8.97. The minimum Gasteiger partial charge on any atom is -0.504 e. The Bertz CT molecular complexity index is 719. The van der Waals surface area contributed by atoms with E-state index < -0.39 is 0 Å². The minimum atomic E-state index is 0.121. The number of nitrogens with zero attached hydrogens (tertiary/aromatic N) is 2. The van der Waals surface area contributed by atoms with Crippen LogP contribution in [0.1, 0.15) is 43.4 Å². The summed E-state index contributed by atoms with van der Waals surface area (Å²) in [5.41, 5.74) is 2.76. The van der Waals surface area contributed by atoms with Crippen LogP contribution in [0.2, 0.25) is 0 Å². The predicted molar refractivity (Wildman–Crippen MR) is 102 cm³/mol. The van der Waals surface area contributed by atoms with Crippen LogP contribution in [-0.4, -0.2) is 29.9 Å². The van der Waals surface area contributed by atoms with E-state index in [0.29, 0.717) is 30.4 Å². The fraction of sp³-hybridized carbons (Fsp3) is 0.474. The van der Waals surface area contributed by atoms with E-state index in [1.807, 2.05) is 26.0 Å². The zero-order valence-corrected chi connectivity index (χ0v) is 15.9. The van der Waals surface area contributed by atoms with E-state index in [1.54, 1.807) is 6.07 Å². The minimum absolute atomic E-state index is 0.121. The van der Waals surface area contributed by atoms with Crippen LogP contribution < -0.4 is 15.4 Å². The molecule has 0 unspecified atom stereocenters. The van der Waals surface area contributed by atoms with E-state index in [-0.39, 0.29) is 5.75 Å². The number of para-hydroxylation sites is 1. The molecule has 0 radical (unpaired) electrons. The van der Waals surface area contributed by atoms with Gasteiger partial charge in [0.15, 0.2) is 17.5 Å². The number of rotatable bonds is 8. The van der Waals surface area contributed by atoms with Crippen molar-refractivity contribution in [3.63, 3.8) is 0 Å². The molecule has 3 N–H and O–H groups in total. The fourth-order valence-corrected chi connectivity index (χ4v) is 2.68. The number of aromatic nitrogens is 1. The molecule has 0 aliphatic heterocycles. The van der Waals surface area contributed by atoms with Crippen molar-refractivity contribution in [1.29, 1.82) is 0 Å². The summed E-state index contributed by atoms with van der Waals surface area (Å²) < 4.78 is 10.5.